The van der Waals surface area contributed by atoms with Gasteiger partial charge in [0, 0.05) is 6.54 Å². The highest BCUT2D eigenvalue weighted by Crippen LogP contribution is 2.30. The molecular weight excluding hydrogens is 438 g/mol. The second-order valence-electron chi connectivity index (χ2n) is 8.88. The minimum absolute atomic E-state index is 0.0252. The fourth-order valence-electron chi connectivity index (χ4n) is 3.81. The highest BCUT2D eigenvalue weighted by Gasteiger charge is 2.31. The Bertz CT molecular complexity index is 1070. The number of carbonyl (C=O) groups is 1. The van der Waals surface area contributed by atoms with E-state index in [1.807, 2.05) is 74.4 Å². The molecule has 0 aliphatic carbocycles. The van der Waals surface area contributed by atoms with Crippen molar-refractivity contribution in [2.24, 2.45) is 0 Å². The first-order valence-corrected chi connectivity index (χ1v) is 12.8. The predicted octanol–water partition coefficient (Wildman–Crippen LogP) is 6.29. The van der Waals surface area contributed by atoms with Crippen LogP contribution < -0.4 is 9.47 Å². The number of hydrogen-bond donors (Lipinski definition) is 0. The average Bonchev–Trinajstić information content (AvgIpc) is 3.26. The Morgan fingerprint density at radius 2 is 1.72 bits per heavy atom. The van der Waals surface area contributed by atoms with Gasteiger partial charge in [-0.1, -0.05) is 24.3 Å². The summed E-state index contributed by atoms with van der Waals surface area (Å²) in [6.45, 7) is 7.13. The van der Waals surface area contributed by atoms with Crippen molar-refractivity contribution in [1.82, 2.24) is 4.90 Å². The maximum Gasteiger partial charge on any atom is 0.264 e. The summed E-state index contributed by atoms with van der Waals surface area (Å²) in [5, 5.41) is 0. The summed E-state index contributed by atoms with van der Waals surface area (Å²) in [5.74, 6) is 1.67. The van der Waals surface area contributed by atoms with Crippen LogP contribution in [0.25, 0.3) is 0 Å². The van der Waals surface area contributed by atoms with E-state index < -0.39 is 0 Å². The first-order valence-electron chi connectivity index (χ1n) is 10.8. The minimum atomic E-state index is -0.239. The molecule has 168 valence electrons. The van der Waals surface area contributed by atoms with E-state index in [0.717, 1.165) is 27.0 Å². The molecule has 1 unspecified atom stereocenters. The zero-order valence-corrected chi connectivity index (χ0v) is 20.6. The van der Waals surface area contributed by atoms with Gasteiger partial charge in [-0.3, -0.25) is 4.79 Å². The Labute approximate surface area is 198 Å². The second-order valence-corrected chi connectivity index (χ2v) is 11.1. The topological polar surface area (TPSA) is 38.8 Å². The molecule has 3 aromatic rings. The summed E-state index contributed by atoms with van der Waals surface area (Å²) >= 11 is 3.22. The van der Waals surface area contributed by atoms with Crippen LogP contribution in [0.3, 0.4) is 0 Å². The number of amides is 1. The van der Waals surface area contributed by atoms with Gasteiger partial charge in [0.2, 0.25) is 0 Å². The van der Waals surface area contributed by atoms with E-state index in [4.69, 9.17) is 9.47 Å². The SMILES string of the molecule is CSc1ccc(C(=O)N2Cc3ccccc3CC2COc2ccc(OC(C)(C)C)cc2)s1. The Hall–Kier alpha value is -2.44. The molecule has 4 nitrogen and oxygen atoms in total. The summed E-state index contributed by atoms with van der Waals surface area (Å²) in [6, 6.07) is 20.0. The van der Waals surface area contributed by atoms with Gasteiger partial charge in [-0.2, -0.15) is 0 Å². The van der Waals surface area contributed by atoms with Crippen LogP contribution in [0.1, 0.15) is 41.6 Å². The summed E-state index contributed by atoms with van der Waals surface area (Å²) in [6.07, 6.45) is 2.82. The van der Waals surface area contributed by atoms with E-state index in [2.05, 4.69) is 18.2 Å². The molecule has 0 saturated heterocycles. The summed E-state index contributed by atoms with van der Waals surface area (Å²) in [5.41, 5.74) is 2.26. The molecule has 0 fully saturated rings. The number of thioether (sulfide) groups is 1. The van der Waals surface area contributed by atoms with E-state index in [1.165, 1.54) is 11.1 Å². The van der Waals surface area contributed by atoms with Crippen molar-refractivity contribution in [3.8, 4) is 11.5 Å². The standard InChI is InChI=1S/C26H29NO3S2/c1-26(2,3)30-22-11-9-21(10-12-22)29-17-20-15-18-7-5-6-8-19(18)16-27(20)25(28)23-13-14-24(31-4)32-23/h5-14,20H,15-17H2,1-4H3. The van der Waals surface area contributed by atoms with Crippen LogP contribution in [0.15, 0.2) is 64.9 Å². The Kier molecular flexibility index (Phi) is 6.82. The lowest BCUT2D eigenvalue weighted by Crippen LogP contribution is -2.47. The predicted molar refractivity (Wildman–Crippen MR) is 132 cm³/mol. The highest BCUT2D eigenvalue weighted by molar-refractivity contribution is 8.00. The molecule has 1 aliphatic heterocycles. The third kappa shape index (κ3) is 5.48. The van der Waals surface area contributed by atoms with Crippen molar-refractivity contribution in [3.05, 3.63) is 76.7 Å². The zero-order valence-electron chi connectivity index (χ0n) is 19.0. The summed E-state index contributed by atoms with van der Waals surface area (Å²) < 4.78 is 13.2. The fourth-order valence-corrected chi connectivity index (χ4v) is 5.31. The van der Waals surface area contributed by atoms with Gasteiger partial charge in [0.1, 0.15) is 23.7 Å². The number of hydrogen-bond acceptors (Lipinski definition) is 5. The Balaban J connectivity index is 1.50. The van der Waals surface area contributed by atoms with Gasteiger partial charge in [-0.25, -0.2) is 0 Å². The van der Waals surface area contributed by atoms with Crippen LogP contribution >= 0.6 is 23.1 Å². The number of benzene rings is 2. The van der Waals surface area contributed by atoms with Gasteiger partial charge in [-0.05, 0) is 81.0 Å². The van der Waals surface area contributed by atoms with Crippen LogP contribution in [-0.2, 0) is 13.0 Å². The van der Waals surface area contributed by atoms with Crippen LogP contribution in [0.4, 0.5) is 0 Å². The number of thiophene rings is 1. The molecule has 0 radical (unpaired) electrons. The van der Waals surface area contributed by atoms with Gasteiger partial charge in [0.15, 0.2) is 0 Å². The number of fused-ring (bicyclic) bond motifs is 1. The van der Waals surface area contributed by atoms with Crippen molar-refractivity contribution >= 4 is 29.0 Å². The molecule has 0 bridgehead atoms. The van der Waals surface area contributed by atoms with Gasteiger partial charge >= 0.3 is 0 Å². The molecule has 0 saturated carbocycles. The lowest BCUT2D eigenvalue weighted by Gasteiger charge is -2.36. The zero-order chi connectivity index (χ0) is 22.7. The molecular formula is C26H29NO3S2. The van der Waals surface area contributed by atoms with E-state index in [-0.39, 0.29) is 17.6 Å². The van der Waals surface area contributed by atoms with Crippen LogP contribution in [0.5, 0.6) is 11.5 Å². The quantitative estimate of drug-likeness (QED) is 0.399. The molecule has 0 N–H and O–H groups in total. The van der Waals surface area contributed by atoms with Gasteiger partial charge in [-0.15, -0.1) is 23.1 Å². The average molecular weight is 468 g/mol. The van der Waals surface area contributed by atoms with Crippen molar-refractivity contribution < 1.29 is 14.3 Å². The number of ether oxygens (including phenoxy) is 2. The molecule has 0 spiro atoms. The molecule has 4 rings (SSSR count). The van der Waals surface area contributed by atoms with E-state index in [1.54, 1.807) is 23.1 Å². The molecule has 2 aromatic carbocycles. The monoisotopic (exact) mass is 467 g/mol. The molecule has 1 atom stereocenters. The Morgan fingerprint density at radius 1 is 1.03 bits per heavy atom. The Morgan fingerprint density at radius 3 is 2.38 bits per heavy atom. The molecule has 1 aliphatic rings. The first-order chi connectivity index (χ1) is 15.3. The molecule has 1 aromatic heterocycles. The minimum Gasteiger partial charge on any atom is -0.491 e. The molecule has 6 heteroatoms. The van der Waals surface area contributed by atoms with E-state index in [9.17, 15) is 4.79 Å². The molecule has 2 heterocycles. The van der Waals surface area contributed by atoms with E-state index >= 15 is 0 Å². The lowest BCUT2D eigenvalue weighted by atomic mass is 9.94. The maximum absolute atomic E-state index is 13.4. The van der Waals surface area contributed by atoms with Crippen molar-refractivity contribution in [1.29, 1.82) is 0 Å². The van der Waals surface area contributed by atoms with Crippen molar-refractivity contribution in [2.75, 3.05) is 12.9 Å². The highest BCUT2D eigenvalue weighted by atomic mass is 32.2. The lowest BCUT2D eigenvalue weighted by molar-refractivity contribution is 0.0571. The van der Waals surface area contributed by atoms with Crippen LogP contribution in [0, 0.1) is 0 Å². The summed E-state index contributed by atoms with van der Waals surface area (Å²) in [7, 11) is 0. The smallest absolute Gasteiger partial charge is 0.264 e. The normalized spacial score (nSPS) is 15.9. The van der Waals surface area contributed by atoms with E-state index in [0.29, 0.717) is 13.2 Å². The van der Waals surface area contributed by atoms with Gasteiger partial charge < -0.3 is 14.4 Å². The second kappa shape index (κ2) is 9.59. The maximum atomic E-state index is 13.4. The third-order valence-corrected chi connectivity index (χ3v) is 7.46. The summed E-state index contributed by atoms with van der Waals surface area (Å²) in [4.78, 5) is 16.1. The number of carbonyl (C=O) groups excluding carboxylic acids is 1. The largest absolute Gasteiger partial charge is 0.491 e. The van der Waals surface area contributed by atoms with Crippen molar-refractivity contribution in [3.63, 3.8) is 0 Å². The molecule has 1 amide bonds. The number of nitrogens with zero attached hydrogens (tertiary/aromatic N) is 1. The number of rotatable bonds is 6. The third-order valence-electron chi connectivity index (χ3n) is 5.30. The van der Waals surface area contributed by atoms with Gasteiger partial charge in [0.05, 0.1) is 15.1 Å². The molecule has 32 heavy (non-hydrogen) atoms. The van der Waals surface area contributed by atoms with Crippen LogP contribution in [0.2, 0.25) is 0 Å². The van der Waals surface area contributed by atoms with Gasteiger partial charge in [0.25, 0.3) is 5.91 Å². The van der Waals surface area contributed by atoms with Crippen molar-refractivity contribution in [2.45, 2.75) is 49.6 Å². The fraction of sp³-hybridized carbons (Fsp3) is 0.346. The van der Waals surface area contributed by atoms with Crippen LogP contribution in [-0.4, -0.2) is 35.3 Å². The first kappa shape index (κ1) is 22.7.